The highest BCUT2D eigenvalue weighted by Gasteiger charge is 2.38. The van der Waals surface area contributed by atoms with Crippen molar-refractivity contribution >= 4 is 11.9 Å². The molecule has 1 aromatic rings. The number of amidine groups is 1. The van der Waals surface area contributed by atoms with Gasteiger partial charge in [0.25, 0.3) is 0 Å². The SMILES string of the molecule is Cc1ccc(C)c(C2C(=N)NC(=O)N2C(C)C)c1. The molecule has 1 aliphatic rings. The van der Waals surface area contributed by atoms with Crippen molar-refractivity contribution in [2.75, 3.05) is 0 Å². The summed E-state index contributed by atoms with van der Waals surface area (Å²) < 4.78 is 0. The summed E-state index contributed by atoms with van der Waals surface area (Å²) in [4.78, 5) is 13.6. The molecule has 4 heteroatoms. The minimum atomic E-state index is -0.280. The van der Waals surface area contributed by atoms with Crippen molar-refractivity contribution in [1.82, 2.24) is 10.2 Å². The lowest BCUT2D eigenvalue weighted by atomic mass is 9.97. The molecule has 1 unspecified atom stereocenters. The van der Waals surface area contributed by atoms with E-state index in [2.05, 4.69) is 11.4 Å². The normalized spacial score (nSPS) is 19.6. The van der Waals surface area contributed by atoms with Crippen molar-refractivity contribution in [2.24, 2.45) is 0 Å². The van der Waals surface area contributed by atoms with E-state index >= 15 is 0 Å². The summed E-state index contributed by atoms with van der Waals surface area (Å²) in [5.74, 6) is 0.266. The van der Waals surface area contributed by atoms with Crippen LogP contribution in [0.5, 0.6) is 0 Å². The third-order valence-corrected chi connectivity index (χ3v) is 3.31. The standard InChI is InChI=1S/C14H19N3O/c1-8(2)17-12(13(15)16-14(17)18)11-7-9(3)5-6-10(11)4/h5-8,12H,1-4H3,(H2,15,16,18). The maximum absolute atomic E-state index is 11.9. The van der Waals surface area contributed by atoms with Crippen molar-refractivity contribution in [3.8, 4) is 0 Å². The summed E-state index contributed by atoms with van der Waals surface area (Å²) >= 11 is 0. The summed E-state index contributed by atoms with van der Waals surface area (Å²) in [5.41, 5.74) is 3.29. The number of nitrogens with one attached hydrogen (secondary N) is 2. The Balaban J connectivity index is 2.50. The molecule has 1 fully saturated rings. The van der Waals surface area contributed by atoms with Gasteiger partial charge in [0.15, 0.2) is 0 Å². The zero-order valence-electron chi connectivity index (χ0n) is 11.2. The second-order valence-corrected chi connectivity index (χ2v) is 5.11. The largest absolute Gasteiger partial charge is 0.323 e. The number of carbonyl (C=O) groups excluding carboxylic acids is 1. The molecule has 0 bridgehead atoms. The minimum absolute atomic E-state index is 0.0674. The van der Waals surface area contributed by atoms with Crippen LogP contribution in [-0.4, -0.2) is 22.8 Å². The van der Waals surface area contributed by atoms with Gasteiger partial charge in [0.1, 0.15) is 11.9 Å². The van der Waals surface area contributed by atoms with Gasteiger partial charge >= 0.3 is 6.03 Å². The number of carbonyl (C=O) groups is 1. The molecule has 0 saturated carbocycles. The van der Waals surface area contributed by atoms with Gasteiger partial charge in [0, 0.05) is 6.04 Å². The number of aryl methyl sites for hydroxylation is 2. The molecule has 1 aliphatic heterocycles. The highest BCUT2D eigenvalue weighted by atomic mass is 16.2. The van der Waals surface area contributed by atoms with Crippen LogP contribution in [0.15, 0.2) is 18.2 Å². The average molecular weight is 245 g/mol. The molecule has 1 atom stereocenters. The molecule has 2 N–H and O–H groups in total. The van der Waals surface area contributed by atoms with E-state index in [0.29, 0.717) is 0 Å². The van der Waals surface area contributed by atoms with Crippen molar-refractivity contribution in [3.63, 3.8) is 0 Å². The number of hydrogen-bond donors (Lipinski definition) is 2. The van der Waals surface area contributed by atoms with Crippen LogP contribution in [0.25, 0.3) is 0 Å². The molecule has 0 aliphatic carbocycles. The molecule has 2 amide bonds. The Hall–Kier alpha value is -1.84. The molecule has 1 saturated heterocycles. The molecule has 4 nitrogen and oxygen atoms in total. The van der Waals surface area contributed by atoms with Gasteiger partial charge in [-0.2, -0.15) is 0 Å². The van der Waals surface area contributed by atoms with Gasteiger partial charge in [0.05, 0.1) is 0 Å². The Labute approximate surface area is 108 Å². The third kappa shape index (κ3) is 1.98. The Morgan fingerprint density at radius 2 is 2.00 bits per heavy atom. The first-order valence-corrected chi connectivity index (χ1v) is 6.16. The van der Waals surface area contributed by atoms with E-state index in [4.69, 9.17) is 5.41 Å². The van der Waals surface area contributed by atoms with Crippen LogP contribution in [0.1, 0.15) is 36.6 Å². The highest BCUT2D eigenvalue weighted by Crippen LogP contribution is 2.30. The predicted octanol–water partition coefficient (Wildman–Crippen LogP) is 2.76. The van der Waals surface area contributed by atoms with Gasteiger partial charge in [-0.3, -0.25) is 10.7 Å². The molecule has 0 spiro atoms. The second-order valence-electron chi connectivity index (χ2n) is 5.11. The van der Waals surface area contributed by atoms with E-state index in [1.165, 1.54) is 0 Å². The van der Waals surface area contributed by atoms with Crippen LogP contribution in [0.2, 0.25) is 0 Å². The maximum atomic E-state index is 11.9. The lowest BCUT2D eigenvalue weighted by Crippen LogP contribution is -2.36. The van der Waals surface area contributed by atoms with Crippen LogP contribution < -0.4 is 5.32 Å². The van der Waals surface area contributed by atoms with Gasteiger partial charge in [-0.1, -0.05) is 23.8 Å². The number of rotatable bonds is 2. The zero-order valence-corrected chi connectivity index (χ0v) is 11.2. The third-order valence-electron chi connectivity index (χ3n) is 3.31. The van der Waals surface area contributed by atoms with Crippen molar-refractivity contribution < 1.29 is 4.79 Å². The molecule has 96 valence electrons. The van der Waals surface area contributed by atoms with E-state index in [1.807, 2.05) is 39.8 Å². The van der Waals surface area contributed by atoms with Crippen LogP contribution >= 0.6 is 0 Å². The Morgan fingerprint density at radius 1 is 1.33 bits per heavy atom. The van der Waals surface area contributed by atoms with Gasteiger partial charge in [0.2, 0.25) is 0 Å². The van der Waals surface area contributed by atoms with Crippen molar-refractivity contribution in [2.45, 2.75) is 39.8 Å². The lowest BCUT2D eigenvalue weighted by molar-refractivity contribution is 0.190. The first kappa shape index (κ1) is 12.6. The van der Waals surface area contributed by atoms with Crippen molar-refractivity contribution in [1.29, 1.82) is 5.41 Å². The van der Waals surface area contributed by atoms with Crippen LogP contribution in [0, 0.1) is 19.3 Å². The number of urea groups is 1. The van der Waals surface area contributed by atoms with Gasteiger partial charge in [-0.15, -0.1) is 0 Å². The van der Waals surface area contributed by atoms with Gasteiger partial charge in [-0.25, -0.2) is 4.79 Å². The number of benzene rings is 1. The van der Waals surface area contributed by atoms with Crippen LogP contribution in [-0.2, 0) is 0 Å². The van der Waals surface area contributed by atoms with E-state index in [0.717, 1.165) is 16.7 Å². The maximum Gasteiger partial charge on any atom is 0.323 e. The monoisotopic (exact) mass is 245 g/mol. The molecule has 1 heterocycles. The van der Waals surface area contributed by atoms with E-state index in [1.54, 1.807) is 4.90 Å². The summed E-state index contributed by atoms with van der Waals surface area (Å²) in [6.45, 7) is 7.98. The van der Waals surface area contributed by atoms with Crippen molar-refractivity contribution in [3.05, 3.63) is 34.9 Å². The topological polar surface area (TPSA) is 56.2 Å². The molecule has 0 radical (unpaired) electrons. The summed E-state index contributed by atoms with van der Waals surface area (Å²) in [6, 6.07) is 5.76. The van der Waals surface area contributed by atoms with E-state index in [-0.39, 0.29) is 24.0 Å². The summed E-state index contributed by atoms with van der Waals surface area (Å²) in [7, 11) is 0. The van der Waals surface area contributed by atoms with Gasteiger partial charge < -0.3 is 4.90 Å². The van der Waals surface area contributed by atoms with E-state index < -0.39 is 0 Å². The first-order valence-electron chi connectivity index (χ1n) is 6.16. The smallest absolute Gasteiger partial charge is 0.308 e. The highest BCUT2D eigenvalue weighted by molar-refractivity contribution is 6.06. The van der Waals surface area contributed by atoms with E-state index in [9.17, 15) is 4.79 Å². The quantitative estimate of drug-likeness (QED) is 0.827. The summed E-state index contributed by atoms with van der Waals surface area (Å²) in [5, 5.41) is 10.6. The second kappa shape index (κ2) is 4.44. The Bertz CT molecular complexity index is 508. The number of amides is 2. The fraction of sp³-hybridized carbons (Fsp3) is 0.429. The van der Waals surface area contributed by atoms with Gasteiger partial charge in [-0.05, 0) is 38.8 Å². The average Bonchev–Trinajstić information content (AvgIpc) is 2.57. The molecular weight excluding hydrogens is 226 g/mol. The minimum Gasteiger partial charge on any atom is -0.308 e. The van der Waals surface area contributed by atoms with Crippen LogP contribution in [0.4, 0.5) is 4.79 Å². The Kier molecular flexibility index (Phi) is 3.11. The summed E-state index contributed by atoms with van der Waals surface area (Å²) in [6.07, 6.45) is 0. The molecular formula is C14H19N3O. The first-order chi connectivity index (χ1) is 8.41. The molecule has 1 aromatic carbocycles. The molecule has 18 heavy (non-hydrogen) atoms. The number of nitrogens with zero attached hydrogens (tertiary/aromatic N) is 1. The zero-order chi connectivity index (χ0) is 13.4. The molecule has 0 aromatic heterocycles. The molecule has 2 rings (SSSR count). The Morgan fingerprint density at radius 3 is 2.61 bits per heavy atom. The fourth-order valence-electron chi connectivity index (χ4n) is 2.40. The predicted molar refractivity (Wildman–Crippen MR) is 71.9 cm³/mol. The lowest BCUT2D eigenvalue weighted by Gasteiger charge is -2.28. The van der Waals surface area contributed by atoms with Crippen LogP contribution in [0.3, 0.4) is 0 Å². The number of hydrogen-bond acceptors (Lipinski definition) is 2. The fourth-order valence-corrected chi connectivity index (χ4v) is 2.40.